The van der Waals surface area contributed by atoms with Crippen molar-refractivity contribution in [2.24, 2.45) is 5.73 Å². The number of carbonyl (C=O) groups is 1. The molecule has 0 saturated carbocycles. The average molecular weight is 254 g/mol. The van der Waals surface area contributed by atoms with Crippen LogP contribution >= 0.6 is 0 Å². The van der Waals surface area contributed by atoms with Crippen molar-refractivity contribution in [3.05, 3.63) is 30.3 Å². The average Bonchev–Trinajstić information content (AvgIpc) is 2.36. The van der Waals surface area contributed by atoms with Gasteiger partial charge in [-0.15, -0.1) is 0 Å². The first kappa shape index (κ1) is 13.9. The summed E-state index contributed by atoms with van der Waals surface area (Å²) in [6, 6.07) is 9.02. The number of carbonyl (C=O) groups excluding carboxylic acids is 1. The van der Waals surface area contributed by atoms with E-state index in [-0.39, 0.29) is 11.7 Å². The van der Waals surface area contributed by atoms with E-state index in [0.717, 1.165) is 6.42 Å². The molecule has 4 nitrogen and oxygen atoms in total. The molecule has 0 aliphatic rings. The number of amides is 1. The predicted octanol–water partition coefficient (Wildman–Crippen LogP) is 0.601. The van der Waals surface area contributed by atoms with E-state index in [2.05, 4.69) is 0 Å². The zero-order valence-corrected chi connectivity index (χ0v) is 10.8. The second kappa shape index (κ2) is 7.19. The molecule has 5 heteroatoms. The van der Waals surface area contributed by atoms with Crippen molar-refractivity contribution in [1.29, 1.82) is 0 Å². The molecule has 1 aromatic carbocycles. The van der Waals surface area contributed by atoms with Gasteiger partial charge in [0.2, 0.25) is 5.91 Å². The van der Waals surface area contributed by atoms with Crippen molar-refractivity contribution in [2.75, 3.05) is 25.9 Å². The van der Waals surface area contributed by atoms with Crippen molar-refractivity contribution in [3.63, 3.8) is 0 Å². The monoisotopic (exact) mass is 254 g/mol. The normalized spacial score (nSPS) is 12.1. The lowest BCUT2D eigenvalue weighted by Crippen LogP contribution is -2.32. The lowest BCUT2D eigenvalue weighted by atomic mass is 10.4. The maximum absolute atomic E-state index is 11.9. The van der Waals surface area contributed by atoms with Gasteiger partial charge in [0.15, 0.2) is 0 Å². The molecule has 0 aliphatic carbocycles. The molecule has 0 radical (unpaired) electrons. The first-order valence-electron chi connectivity index (χ1n) is 5.52. The number of hydrogen-bond acceptors (Lipinski definition) is 3. The molecule has 1 rings (SSSR count). The van der Waals surface area contributed by atoms with E-state index < -0.39 is 10.8 Å². The first-order chi connectivity index (χ1) is 8.15. The van der Waals surface area contributed by atoms with Crippen LogP contribution in [0.25, 0.3) is 0 Å². The third-order valence-electron chi connectivity index (χ3n) is 2.38. The molecule has 0 saturated heterocycles. The van der Waals surface area contributed by atoms with Gasteiger partial charge in [0.25, 0.3) is 0 Å². The lowest BCUT2D eigenvalue weighted by Gasteiger charge is -2.16. The highest BCUT2D eigenvalue weighted by molar-refractivity contribution is 7.85. The molecular formula is C12H18N2O2S. The van der Waals surface area contributed by atoms with Crippen LogP contribution in [-0.2, 0) is 15.6 Å². The van der Waals surface area contributed by atoms with Crippen LogP contribution in [0.2, 0.25) is 0 Å². The molecule has 0 aliphatic heterocycles. The molecule has 0 heterocycles. The molecule has 1 aromatic rings. The summed E-state index contributed by atoms with van der Waals surface area (Å²) in [5.41, 5.74) is 5.37. The molecule has 1 unspecified atom stereocenters. The number of nitrogens with two attached hydrogens (primary N) is 1. The fraction of sp³-hybridized carbons (Fsp3) is 0.417. The van der Waals surface area contributed by atoms with Gasteiger partial charge in [-0.3, -0.25) is 9.00 Å². The minimum atomic E-state index is -1.26. The fourth-order valence-corrected chi connectivity index (χ4v) is 2.40. The van der Waals surface area contributed by atoms with Crippen LogP contribution in [0.5, 0.6) is 0 Å². The van der Waals surface area contributed by atoms with Crippen molar-refractivity contribution < 1.29 is 9.00 Å². The maximum Gasteiger partial charge on any atom is 0.235 e. The van der Waals surface area contributed by atoms with E-state index in [1.54, 1.807) is 24.1 Å². The third-order valence-corrected chi connectivity index (χ3v) is 3.69. The van der Waals surface area contributed by atoms with Gasteiger partial charge >= 0.3 is 0 Å². The van der Waals surface area contributed by atoms with Gasteiger partial charge in [0.1, 0.15) is 5.75 Å². The number of benzene rings is 1. The minimum absolute atomic E-state index is 0.0328. The smallest absolute Gasteiger partial charge is 0.235 e. The van der Waals surface area contributed by atoms with Crippen LogP contribution in [0.3, 0.4) is 0 Å². The zero-order chi connectivity index (χ0) is 12.7. The predicted molar refractivity (Wildman–Crippen MR) is 69.0 cm³/mol. The van der Waals surface area contributed by atoms with E-state index >= 15 is 0 Å². The Hall–Kier alpha value is -1.20. The van der Waals surface area contributed by atoms with Gasteiger partial charge in [0.05, 0.1) is 10.8 Å². The van der Waals surface area contributed by atoms with Crippen LogP contribution in [0, 0.1) is 0 Å². The molecule has 0 spiro atoms. The summed E-state index contributed by atoms with van der Waals surface area (Å²) in [7, 11) is 0.446. The van der Waals surface area contributed by atoms with Crippen molar-refractivity contribution in [2.45, 2.75) is 11.3 Å². The van der Waals surface area contributed by atoms with E-state index in [0.29, 0.717) is 18.0 Å². The summed E-state index contributed by atoms with van der Waals surface area (Å²) in [5.74, 6) is -0.0777. The van der Waals surface area contributed by atoms with Gasteiger partial charge in [-0.2, -0.15) is 0 Å². The Kier molecular flexibility index (Phi) is 5.86. The molecule has 0 fully saturated rings. The highest BCUT2D eigenvalue weighted by atomic mass is 32.2. The summed E-state index contributed by atoms with van der Waals surface area (Å²) in [6.07, 6.45) is 0.764. The van der Waals surface area contributed by atoms with E-state index in [1.807, 2.05) is 18.2 Å². The number of hydrogen-bond donors (Lipinski definition) is 1. The number of rotatable bonds is 6. The second-order valence-electron chi connectivity index (χ2n) is 3.76. The summed E-state index contributed by atoms with van der Waals surface area (Å²) in [6.45, 7) is 1.17. The summed E-state index contributed by atoms with van der Waals surface area (Å²) >= 11 is 0. The van der Waals surface area contributed by atoms with Crippen LogP contribution in [0.4, 0.5) is 0 Å². The first-order valence-corrected chi connectivity index (χ1v) is 6.84. The Bertz CT molecular complexity index is 381. The molecule has 0 aromatic heterocycles. The van der Waals surface area contributed by atoms with Crippen LogP contribution in [-0.4, -0.2) is 40.9 Å². The van der Waals surface area contributed by atoms with Crippen LogP contribution in [0.1, 0.15) is 6.42 Å². The van der Waals surface area contributed by atoms with Gasteiger partial charge in [-0.05, 0) is 25.1 Å². The largest absolute Gasteiger partial charge is 0.345 e. The summed E-state index contributed by atoms with van der Waals surface area (Å²) in [4.78, 5) is 14.0. The molecule has 17 heavy (non-hydrogen) atoms. The highest BCUT2D eigenvalue weighted by Crippen LogP contribution is 2.06. The summed E-state index contributed by atoms with van der Waals surface area (Å²) in [5, 5.41) is 0. The lowest BCUT2D eigenvalue weighted by molar-refractivity contribution is -0.127. The van der Waals surface area contributed by atoms with Crippen molar-refractivity contribution >= 4 is 16.7 Å². The van der Waals surface area contributed by atoms with E-state index in [1.165, 1.54) is 0 Å². The van der Waals surface area contributed by atoms with Gasteiger partial charge in [-0.1, -0.05) is 18.2 Å². The standard InChI is InChI=1S/C12H18N2O2S/c1-14(9-5-8-13)12(15)10-17(16)11-6-3-2-4-7-11/h2-4,6-7H,5,8-10,13H2,1H3. The Balaban J connectivity index is 2.49. The van der Waals surface area contributed by atoms with Gasteiger partial charge in [-0.25, -0.2) is 0 Å². The Morgan fingerprint density at radius 1 is 1.35 bits per heavy atom. The molecule has 0 bridgehead atoms. The van der Waals surface area contributed by atoms with E-state index in [9.17, 15) is 9.00 Å². The third kappa shape index (κ3) is 4.66. The van der Waals surface area contributed by atoms with Crippen LogP contribution < -0.4 is 5.73 Å². The highest BCUT2D eigenvalue weighted by Gasteiger charge is 2.13. The van der Waals surface area contributed by atoms with Crippen molar-refractivity contribution in [1.82, 2.24) is 4.90 Å². The zero-order valence-electron chi connectivity index (χ0n) is 9.96. The molecule has 1 atom stereocenters. The Morgan fingerprint density at radius 3 is 2.59 bits per heavy atom. The SMILES string of the molecule is CN(CCCN)C(=O)CS(=O)c1ccccc1. The number of nitrogens with zero attached hydrogens (tertiary/aromatic N) is 1. The molecule has 94 valence electrons. The molecule has 1 amide bonds. The van der Waals surface area contributed by atoms with Gasteiger partial charge < -0.3 is 10.6 Å². The van der Waals surface area contributed by atoms with Crippen molar-refractivity contribution in [3.8, 4) is 0 Å². The van der Waals surface area contributed by atoms with Gasteiger partial charge in [0, 0.05) is 18.5 Å². The quantitative estimate of drug-likeness (QED) is 0.808. The maximum atomic E-state index is 11.9. The van der Waals surface area contributed by atoms with E-state index in [4.69, 9.17) is 5.73 Å². The molecule has 2 N–H and O–H groups in total. The van der Waals surface area contributed by atoms with Crippen LogP contribution in [0.15, 0.2) is 35.2 Å². The topological polar surface area (TPSA) is 63.4 Å². The molecular weight excluding hydrogens is 236 g/mol. The Labute approximate surface area is 104 Å². The minimum Gasteiger partial charge on any atom is -0.345 e. The fourth-order valence-electron chi connectivity index (χ4n) is 1.33. The summed E-state index contributed by atoms with van der Waals surface area (Å²) < 4.78 is 11.9. The second-order valence-corrected chi connectivity index (χ2v) is 5.21. The Morgan fingerprint density at radius 2 is 2.00 bits per heavy atom.